The summed E-state index contributed by atoms with van der Waals surface area (Å²) in [5.41, 5.74) is 0.243. The minimum absolute atomic E-state index is 0.296. The molecule has 3 N–H and O–H groups in total. The van der Waals surface area contributed by atoms with Crippen LogP contribution >= 0.6 is 0 Å². The summed E-state index contributed by atoms with van der Waals surface area (Å²) in [5.74, 6) is 1.05. The van der Waals surface area contributed by atoms with E-state index in [0.717, 1.165) is 37.8 Å². The largest absolute Gasteiger partial charge is 0.388 e. The summed E-state index contributed by atoms with van der Waals surface area (Å²) < 4.78 is 5.24. The number of nitrogens with one attached hydrogen (secondary N) is 2. The molecule has 1 aliphatic carbocycles. The highest BCUT2D eigenvalue weighted by molar-refractivity contribution is 5.73. The molecule has 1 aliphatic rings. The average Bonchev–Trinajstić information content (AvgIpc) is 2.91. The molecule has 1 aromatic heterocycles. The molecule has 6 heteroatoms. The zero-order valence-electron chi connectivity index (χ0n) is 12.8. The maximum Gasteiger partial charge on any atom is 0.315 e. The zero-order valence-corrected chi connectivity index (χ0v) is 12.8. The van der Waals surface area contributed by atoms with Crippen LogP contribution in [0, 0.1) is 0 Å². The first kappa shape index (κ1) is 15.8. The van der Waals surface area contributed by atoms with Gasteiger partial charge < -0.3 is 20.3 Å². The Morgan fingerprint density at radius 3 is 2.71 bits per heavy atom. The van der Waals surface area contributed by atoms with Gasteiger partial charge in [0.1, 0.15) is 0 Å². The highest BCUT2D eigenvalue weighted by atomic mass is 16.5. The minimum atomic E-state index is -0.702. The first-order valence-corrected chi connectivity index (χ1v) is 7.76. The molecule has 21 heavy (non-hydrogen) atoms. The van der Waals surface area contributed by atoms with E-state index in [1.54, 1.807) is 0 Å². The SMILES string of the molecule is CCC(CC)c1cc(CNC(=O)NCC2(O)CCC2)on1. The van der Waals surface area contributed by atoms with Crippen molar-refractivity contribution >= 4 is 6.03 Å². The number of aliphatic hydroxyl groups is 1. The Morgan fingerprint density at radius 1 is 1.43 bits per heavy atom. The van der Waals surface area contributed by atoms with Crippen molar-refractivity contribution in [2.45, 2.75) is 64.0 Å². The molecule has 1 aromatic rings. The standard InChI is InChI=1S/C15H25N3O3/c1-3-11(4-2)13-8-12(21-18-13)9-16-14(19)17-10-15(20)6-5-7-15/h8,11,20H,3-7,9-10H2,1-2H3,(H2,16,17,19). The van der Waals surface area contributed by atoms with Crippen LogP contribution < -0.4 is 10.6 Å². The van der Waals surface area contributed by atoms with Crippen LogP contribution in [0.15, 0.2) is 10.6 Å². The lowest BCUT2D eigenvalue weighted by molar-refractivity contribution is -0.0290. The van der Waals surface area contributed by atoms with E-state index in [9.17, 15) is 9.90 Å². The Kier molecular flexibility index (Phi) is 5.22. The molecule has 1 heterocycles. The fourth-order valence-corrected chi connectivity index (χ4v) is 2.55. The lowest BCUT2D eigenvalue weighted by atomic mass is 9.80. The van der Waals surface area contributed by atoms with Gasteiger partial charge in [-0.3, -0.25) is 0 Å². The van der Waals surface area contributed by atoms with Gasteiger partial charge >= 0.3 is 6.03 Å². The van der Waals surface area contributed by atoms with Gasteiger partial charge in [-0.1, -0.05) is 19.0 Å². The predicted octanol–water partition coefficient (Wildman–Crippen LogP) is 2.29. The van der Waals surface area contributed by atoms with Crippen molar-refractivity contribution in [1.29, 1.82) is 0 Å². The predicted molar refractivity (Wildman–Crippen MR) is 78.9 cm³/mol. The number of carbonyl (C=O) groups is 1. The van der Waals surface area contributed by atoms with Crippen molar-refractivity contribution in [3.8, 4) is 0 Å². The molecule has 0 spiro atoms. The van der Waals surface area contributed by atoms with Crippen molar-refractivity contribution in [2.75, 3.05) is 6.54 Å². The highest BCUT2D eigenvalue weighted by Crippen LogP contribution is 2.30. The number of hydrogen-bond acceptors (Lipinski definition) is 4. The maximum absolute atomic E-state index is 11.7. The molecular weight excluding hydrogens is 270 g/mol. The van der Waals surface area contributed by atoms with E-state index >= 15 is 0 Å². The number of urea groups is 1. The third-order valence-corrected chi connectivity index (χ3v) is 4.27. The fraction of sp³-hybridized carbons (Fsp3) is 0.733. The van der Waals surface area contributed by atoms with E-state index in [0.29, 0.717) is 24.8 Å². The van der Waals surface area contributed by atoms with Crippen LogP contribution in [0.2, 0.25) is 0 Å². The first-order chi connectivity index (χ1) is 10.1. The Morgan fingerprint density at radius 2 is 2.14 bits per heavy atom. The maximum atomic E-state index is 11.7. The Balaban J connectivity index is 1.73. The summed E-state index contributed by atoms with van der Waals surface area (Å²) >= 11 is 0. The molecular formula is C15H25N3O3. The third kappa shape index (κ3) is 4.20. The van der Waals surface area contributed by atoms with Gasteiger partial charge in [0.15, 0.2) is 5.76 Å². The van der Waals surface area contributed by atoms with Crippen LogP contribution in [0.4, 0.5) is 4.79 Å². The fourth-order valence-electron chi connectivity index (χ4n) is 2.55. The van der Waals surface area contributed by atoms with Gasteiger partial charge in [-0.2, -0.15) is 0 Å². The van der Waals surface area contributed by atoms with Crippen molar-refractivity contribution < 1.29 is 14.4 Å². The van der Waals surface area contributed by atoms with Crippen LogP contribution in [0.1, 0.15) is 63.3 Å². The summed E-state index contributed by atoms with van der Waals surface area (Å²) in [4.78, 5) is 11.7. The normalized spacial score (nSPS) is 16.6. The summed E-state index contributed by atoms with van der Waals surface area (Å²) in [6.45, 7) is 4.85. The van der Waals surface area contributed by atoms with Crippen LogP contribution in [0.3, 0.4) is 0 Å². The van der Waals surface area contributed by atoms with Gasteiger partial charge in [0.25, 0.3) is 0 Å². The number of rotatable bonds is 7. The molecule has 2 amide bonds. The Labute approximate surface area is 125 Å². The molecule has 0 aromatic carbocycles. The molecule has 1 fully saturated rings. The Bertz CT molecular complexity index is 464. The average molecular weight is 295 g/mol. The van der Waals surface area contributed by atoms with Crippen molar-refractivity contribution in [2.24, 2.45) is 0 Å². The van der Waals surface area contributed by atoms with E-state index < -0.39 is 5.60 Å². The molecule has 2 rings (SSSR count). The quantitative estimate of drug-likeness (QED) is 0.720. The Hall–Kier alpha value is -1.56. The van der Waals surface area contributed by atoms with Crippen molar-refractivity contribution in [3.05, 3.63) is 17.5 Å². The van der Waals surface area contributed by atoms with Gasteiger partial charge in [-0.05, 0) is 32.1 Å². The molecule has 118 valence electrons. The van der Waals surface area contributed by atoms with E-state index in [1.807, 2.05) is 6.07 Å². The number of amides is 2. The molecule has 0 aliphatic heterocycles. The number of hydrogen-bond donors (Lipinski definition) is 3. The van der Waals surface area contributed by atoms with Gasteiger partial charge in [-0.25, -0.2) is 4.79 Å². The zero-order chi connectivity index (χ0) is 15.3. The second-order valence-corrected chi connectivity index (χ2v) is 5.85. The van der Waals surface area contributed by atoms with Gasteiger partial charge in [-0.15, -0.1) is 0 Å². The van der Waals surface area contributed by atoms with Gasteiger partial charge in [0, 0.05) is 18.5 Å². The molecule has 0 radical (unpaired) electrons. The highest BCUT2D eigenvalue weighted by Gasteiger charge is 2.34. The smallest absolute Gasteiger partial charge is 0.315 e. The number of nitrogens with zero attached hydrogens (tertiary/aromatic N) is 1. The summed E-state index contributed by atoms with van der Waals surface area (Å²) in [6, 6.07) is 1.60. The van der Waals surface area contributed by atoms with Crippen LogP contribution in [-0.4, -0.2) is 28.4 Å². The third-order valence-electron chi connectivity index (χ3n) is 4.27. The van der Waals surface area contributed by atoms with Crippen molar-refractivity contribution in [1.82, 2.24) is 15.8 Å². The van der Waals surface area contributed by atoms with E-state index in [2.05, 4.69) is 29.6 Å². The minimum Gasteiger partial charge on any atom is -0.388 e. The van der Waals surface area contributed by atoms with Gasteiger partial charge in [0.05, 0.1) is 17.8 Å². The van der Waals surface area contributed by atoms with Crippen LogP contribution in [0.5, 0.6) is 0 Å². The first-order valence-electron chi connectivity index (χ1n) is 7.76. The number of carbonyl (C=O) groups excluding carboxylic acids is 1. The van der Waals surface area contributed by atoms with Crippen LogP contribution in [0.25, 0.3) is 0 Å². The topological polar surface area (TPSA) is 87.4 Å². The van der Waals surface area contributed by atoms with Crippen LogP contribution in [-0.2, 0) is 6.54 Å². The monoisotopic (exact) mass is 295 g/mol. The molecule has 0 saturated heterocycles. The molecule has 1 saturated carbocycles. The summed E-state index contributed by atoms with van der Waals surface area (Å²) in [7, 11) is 0. The van der Waals surface area contributed by atoms with E-state index in [4.69, 9.17) is 4.52 Å². The molecule has 0 unspecified atom stereocenters. The molecule has 6 nitrogen and oxygen atoms in total. The molecule has 0 bridgehead atoms. The lowest BCUT2D eigenvalue weighted by Gasteiger charge is -2.36. The second kappa shape index (κ2) is 6.93. The summed E-state index contributed by atoms with van der Waals surface area (Å²) in [6.07, 6.45) is 4.59. The number of aromatic nitrogens is 1. The lowest BCUT2D eigenvalue weighted by Crippen LogP contribution is -2.49. The summed E-state index contributed by atoms with van der Waals surface area (Å²) in [5, 5.41) is 19.3. The van der Waals surface area contributed by atoms with E-state index in [-0.39, 0.29) is 6.03 Å². The van der Waals surface area contributed by atoms with Crippen molar-refractivity contribution in [3.63, 3.8) is 0 Å². The van der Waals surface area contributed by atoms with Gasteiger partial charge in [0.2, 0.25) is 0 Å². The second-order valence-electron chi connectivity index (χ2n) is 5.85. The molecule has 0 atom stereocenters. The van der Waals surface area contributed by atoms with E-state index in [1.165, 1.54) is 0 Å².